The summed E-state index contributed by atoms with van der Waals surface area (Å²) in [5, 5.41) is 33.8. The Labute approximate surface area is 219 Å². The van der Waals surface area contributed by atoms with Crippen LogP contribution in [0, 0.1) is 5.92 Å². The van der Waals surface area contributed by atoms with Gasteiger partial charge in [-0.05, 0) is 55.6 Å². The zero-order valence-electron chi connectivity index (χ0n) is 22.3. The number of likely N-dealkylation sites (N-methyl/N-ethyl adjacent to an activating group) is 1. The lowest BCUT2D eigenvalue weighted by Crippen LogP contribution is -2.42. The lowest BCUT2D eigenvalue weighted by atomic mass is 9.85. The van der Waals surface area contributed by atoms with Gasteiger partial charge >= 0.3 is 17.9 Å². The minimum atomic E-state index is -2.74. The van der Waals surface area contributed by atoms with Crippen molar-refractivity contribution in [3.05, 3.63) is 23.8 Å². The van der Waals surface area contributed by atoms with Crippen molar-refractivity contribution >= 4 is 17.9 Å². The lowest BCUT2D eigenvalue weighted by Gasteiger charge is -2.22. The van der Waals surface area contributed by atoms with Crippen LogP contribution in [0.15, 0.2) is 18.2 Å². The van der Waals surface area contributed by atoms with Gasteiger partial charge in [0.15, 0.2) is 5.60 Å². The second-order valence-corrected chi connectivity index (χ2v) is 9.37. The summed E-state index contributed by atoms with van der Waals surface area (Å²) in [5.74, 6) is -2.15. The summed E-state index contributed by atoms with van der Waals surface area (Å²) < 4.78 is 11.5. The molecule has 0 amide bonds. The first-order chi connectivity index (χ1) is 17.5. The van der Waals surface area contributed by atoms with Gasteiger partial charge in [-0.3, -0.25) is 9.59 Å². The van der Waals surface area contributed by atoms with Crippen molar-refractivity contribution in [1.29, 1.82) is 0 Å². The summed E-state index contributed by atoms with van der Waals surface area (Å²) in [6.07, 6.45) is 7.15. The van der Waals surface area contributed by atoms with Crippen molar-refractivity contribution < 1.29 is 44.3 Å². The van der Waals surface area contributed by atoms with Crippen molar-refractivity contribution in [2.75, 3.05) is 33.4 Å². The van der Waals surface area contributed by atoms with Crippen LogP contribution in [0.5, 0.6) is 11.5 Å². The van der Waals surface area contributed by atoms with Gasteiger partial charge in [-0.25, -0.2) is 4.79 Å². The van der Waals surface area contributed by atoms with E-state index >= 15 is 0 Å². The van der Waals surface area contributed by atoms with E-state index in [-0.39, 0.29) is 0 Å². The highest BCUT2D eigenvalue weighted by molar-refractivity contribution is 5.88. The molecule has 0 aliphatic heterocycles. The van der Waals surface area contributed by atoms with E-state index in [1.807, 2.05) is 6.07 Å². The Balaban J connectivity index is 0.000000448. The molecule has 0 atom stereocenters. The van der Waals surface area contributed by atoms with Crippen LogP contribution in [0.2, 0.25) is 0 Å². The summed E-state index contributed by atoms with van der Waals surface area (Å²) >= 11 is 0. The number of hydrogen-bond donors (Lipinski definition) is 4. The second-order valence-electron chi connectivity index (χ2n) is 9.37. The molecule has 10 heteroatoms. The number of ether oxygens (including phenoxy) is 2. The first-order valence-corrected chi connectivity index (χ1v) is 13.0. The molecule has 1 fully saturated rings. The number of carbonyl (C=O) groups is 3. The van der Waals surface area contributed by atoms with Gasteiger partial charge in [-0.15, -0.1) is 0 Å². The van der Waals surface area contributed by atoms with Crippen LogP contribution < -0.4 is 9.47 Å². The van der Waals surface area contributed by atoms with Crippen LogP contribution in [-0.4, -0.2) is 82.2 Å². The molecule has 4 N–H and O–H groups in total. The third-order valence-corrected chi connectivity index (χ3v) is 6.66. The number of nitrogens with zero attached hydrogens (tertiary/aromatic N) is 1. The molecule has 0 radical (unpaired) electrons. The molecule has 37 heavy (non-hydrogen) atoms. The van der Waals surface area contributed by atoms with Gasteiger partial charge in [0.1, 0.15) is 18.1 Å². The highest BCUT2D eigenvalue weighted by atomic mass is 16.5. The molecule has 10 nitrogen and oxygen atoms in total. The average molecular weight is 526 g/mol. The highest BCUT2D eigenvalue weighted by Crippen LogP contribution is 2.31. The largest absolute Gasteiger partial charge is 0.497 e. The second kappa shape index (κ2) is 16.8. The molecule has 2 rings (SSSR count). The van der Waals surface area contributed by atoms with Gasteiger partial charge in [0.2, 0.25) is 0 Å². The number of aliphatic hydroxyl groups is 1. The maximum absolute atomic E-state index is 10.3. The Morgan fingerprint density at radius 1 is 1.00 bits per heavy atom. The highest BCUT2D eigenvalue weighted by Gasteiger charge is 2.40. The van der Waals surface area contributed by atoms with Crippen molar-refractivity contribution in [2.45, 2.75) is 77.2 Å². The Morgan fingerprint density at radius 3 is 2.08 bits per heavy atom. The lowest BCUT2D eigenvalue weighted by molar-refractivity contribution is -0.170. The maximum Gasteiger partial charge on any atom is 0.336 e. The molecule has 1 aliphatic rings. The summed E-state index contributed by atoms with van der Waals surface area (Å²) in [4.78, 5) is 32.9. The van der Waals surface area contributed by atoms with Crippen molar-refractivity contribution in [3.63, 3.8) is 0 Å². The average Bonchev–Trinajstić information content (AvgIpc) is 2.85. The smallest absolute Gasteiger partial charge is 0.336 e. The maximum atomic E-state index is 10.3. The summed E-state index contributed by atoms with van der Waals surface area (Å²) in [6.45, 7) is 8.30. The fourth-order valence-electron chi connectivity index (χ4n) is 4.39. The minimum Gasteiger partial charge on any atom is -0.497 e. The van der Waals surface area contributed by atoms with Crippen LogP contribution in [0.3, 0.4) is 0 Å². The number of benzene rings is 1. The molecule has 210 valence electrons. The molecule has 1 aromatic rings. The number of aryl methyl sites for hydroxylation is 1. The van der Waals surface area contributed by atoms with Gasteiger partial charge in [-0.2, -0.15) is 0 Å². The van der Waals surface area contributed by atoms with E-state index in [4.69, 9.17) is 29.9 Å². The van der Waals surface area contributed by atoms with Gasteiger partial charge in [0.25, 0.3) is 0 Å². The van der Waals surface area contributed by atoms with E-state index in [0.29, 0.717) is 0 Å². The van der Waals surface area contributed by atoms with E-state index in [2.05, 4.69) is 30.9 Å². The van der Waals surface area contributed by atoms with Gasteiger partial charge < -0.3 is 34.8 Å². The fourth-order valence-corrected chi connectivity index (χ4v) is 4.39. The summed E-state index contributed by atoms with van der Waals surface area (Å²) in [5.41, 5.74) is -1.43. The number of methoxy groups -OCH3 is 1. The summed E-state index contributed by atoms with van der Waals surface area (Å²) in [6, 6.07) is 6.25. The van der Waals surface area contributed by atoms with Crippen molar-refractivity contribution in [1.82, 2.24) is 4.90 Å². The van der Waals surface area contributed by atoms with Crippen LogP contribution in [-0.2, 0) is 20.8 Å². The first kappa shape index (κ1) is 32.2. The molecule has 1 aliphatic carbocycles. The first-order valence-electron chi connectivity index (χ1n) is 13.0. The van der Waals surface area contributed by atoms with E-state index < -0.39 is 36.4 Å². The molecular weight excluding hydrogens is 482 g/mol. The molecule has 1 saturated carbocycles. The zero-order valence-corrected chi connectivity index (χ0v) is 22.3. The number of rotatable bonds is 15. The Hall–Kier alpha value is -2.85. The number of carboxylic acids is 3. The normalized spacial score (nSPS) is 14.0. The topological polar surface area (TPSA) is 154 Å². The number of hydrogen-bond acceptors (Lipinski definition) is 7. The third-order valence-electron chi connectivity index (χ3n) is 6.66. The number of aliphatic carboxylic acids is 3. The number of carboxylic acid groups (broad SMARTS) is 3. The van der Waals surface area contributed by atoms with Crippen LogP contribution in [0.1, 0.15) is 70.8 Å². The summed E-state index contributed by atoms with van der Waals surface area (Å²) in [7, 11) is 1.74. The molecule has 0 unspecified atom stereocenters. The Morgan fingerprint density at radius 2 is 1.59 bits per heavy atom. The Bertz CT molecular complexity index is 832. The van der Waals surface area contributed by atoms with Gasteiger partial charge in [0, 0.05) is 6.54 Å². The monoisotopic (exact) mass is 525 g/mol. The van der Waals surface area contributed by atoms with Crippen molar-refractivity contribution in [2.24, 2.45) is 5.92 Å². The standard InChI is InChI=1S/C21H35NO2.C6H8O7/c1-4-22(5-2)15-16-24-21-14-13-20(23-3)17-19(21)12-11-18-9-7-6-8-10-18;7-3(8)1-6(13,5(11)12)2-4(9)10/h13-14,17-18H,4-12,15-16H2,1-3H3;13H,1-2H2,(H,7,8)(H,9,10)(H,11,12). The van der Waals surface area contributed by atoms with Crippen LogP contribution in [0.25, 0.3) is 0 Å². The third kappa shape index (κ3) is 12.3. The van der Waals surface area contributed by atoms with E-state index in [1.54, 1.807) is 7.11 Å². The molecule has 0 saturated heterocycles. The predicted octanol–water partition coefficient (Wildman–Crippen LogP) is 3.68. The van der Waals surface area contributed by atoms with E-state index in [9.17, 15) is 14.4 Å². The molecule has 0 spiro atoms. The van der Waals surface area contributed by atoms with Crippen molar-refractivity contribution in [3.8, 4) is 11.5 Å². The molecular formula is C27H43NO9. The predicted molar refractivity (Wildman–Crippen MR) is 138 cm³/mol. The fraction of sp³-hybridized carbons (Fsp3) is 0.667. The zero-order chi connectivity index (χ0) is 27.8. The molecule has 0 heterocycles. The van der Waals surface area contributed by atoms with E-state index in [0.717, 1.165) is 50.1 Å². The van der Waals surface area contributed by atoms with Crippen LogP contribution >= 0.6 is 0 Å². The van der Waals surface area contributed by atoms with Crippen LogP contribution in [0.4, 0.5) is 0 Å². The molecule has 0 aromatic heterocycles. The Kier molecular flexibility index (Phi) is 14.6. The minimum absolute atomic E-state index is 0.754. The van der Waals surface area contributed by atoms with Gasteiger partial charge in [0.05, 0.1) is 20.0 Å². The SMILES string of the molecule is CCN(CC)CCOc1ccc(OC)cc1CCC1CCCCC1.O=C(O)CC(O)(CC(=O)O)C(=O)O. The molecule has 0 bridgehead atoms. The quantitative estimate of drug-likeness (QED) is 0.267. The van der Waals surface area contributed by atoms with Gasteiger partial charge in [-0.1, -0.05) is 46.0 Å². The van der Waals surface area contributed by atoms with E-state index in [1.165, 1.54) is 44.1 Å². The molecule has 1 aromatic carbocycles.